The van der Waals surface area contributed by atoms with E-state index in [-0.39, 0.29) is 10.8 Å². The monoisotopic (exact) mass is 422 g/mol. The van der Waals surface area contributed by atoms with Gasteiger partial charge in [-0.1, -0.05) is 45.6 Å². The van der Waals surface area contributed by atoms with Crippen LogP contribution in [0.2, 0.25) is 0 Å². The predicted molar refractivity (Wildman–Crippen MR) is 130 cm³/mol. The highest BCUT2D eigenvalue weighted by Gasteiger charge is 2.43. The molecule has 2 atom stereocenters. The molecule has 0 saturated heterocycles. The van der Waals surface area contributed by atoms with E-state index in [0.29, 0.717) is 11.8 Å². The van der Waals surface area contributed by atoms with Crippen molar-refractivity contribution < 1.29 is 4.79 Å². The molecule has 1 nitrogen and oxygen atoms in total. The summed E-state index contributed by atoms with van der Waals surface area (Å²) < 4.78 is 0. The van der Waals surface area contributed by atoms with Gasteiger partial charge < -0.3 is 0 Å². The van der Waals surface area contributed by atoms with Gasteiger partial charge in [-0.25, -0.2) is 0 Å². The number of aldehydes is 1. The van der Waals surface area contributed by atoms with Crippen LogP contribution in [0.1, 0.15) is 122 Å². The number of fused-ring (bicyclic) bond motifs is 1. The Hall–Kier alpha value is -2.33. The highest BCUT2D eigenvalue weighted by atomic mass is 16.1. The standard InChI is InChI=1S/C31H34O/c1-30(2)18-31(3,4)29-14-19(6-8-28(29)30)5-7-22-15-26-23-10-20-9-21(11-23)13-24(12-20)27(26)16-25(22)17-32/h6,8,14-17,20-21,23-24H,9-13,18H2,1-4H3. The van der Waals surface area contributed by atoms with Gasteiger partial charge in [-0.3, -0.25) is 4.79 Å². The molecule has 2 aromatic rings. The summed E-state index contributed by atoms with van der Waals surface area (Å²) in [5.41, 5.74) is 9.00. The summed E-state index contributed by atoms with van der Waals surface area (Å²) in [6, 6.07) is 11.2. The molecule has 7 rings (SSSR count). The SMILES string of the molecule is CC1(C)CC(C)(C)c2cc(C#Cc3cc4c(cc3C=O)C3CC5CC(CC4C5)C3)ccc21. The molecule has 4 bridgehead atoms. The summed E-state index contributed by atoms with van der Waals surface area (Å²) >= 11 is 0. The van der Waals surface area contributed by atoms with Crippen LogP contribution in [0.4, 0.5) is 0 Å². The van der Waals surface area contributed by atoms with Crippen molar-refractivity contribution in [1.29, 1.82) is 0 Å². The minimum absolute atomic E-state index is 0.173. The maximum Gasteiger partial charge on any atom is 0.151 e. The first kappa shape index (κ1) is 20.3. The van der Waals surface area contributed by atoms with Crippen LogP contribution in [-0.2, 0) is 10.8 Å². The molecule has 1 heteroatoms. The van der Waals surface area contributed by atoms with Gasteiger partial charge >= 0.3 is 0 Å². The molecule has 5 aliphatic rings. The van der Waals surface area contributed by atoms with Crippen molar-refractivity contribution >= 4 is 6.29 Å². The van der Waals surface area contributed by atoms with Gasteiger partial charge in [0.2, 0.25) is 0 Å². The first-order chi connectivity index (χ1) is 15.2. The second kappa shape index (κ2) is 6.84. The van der Waals surface area contributed by atoms with Crippen LogP contribution in [0.25, 0.3) is 0 Å². The van der Waals surface area contributed by atoms with E-state index in [1.54, 1.807) is 0 Å². The molecule has 2 saturated carbocycles. The molecule has 0 aliphatic heterocycles. The first-order valence-electron chi connectivity index (χ1n) is 12.5. The number of carbonyl (C=O) groups is 1. The Morgan fingerprint density at radius 3 is 2.06 bits per heavy atom. The minimum Gasteiger partial charge on any atom is -0.298 e. The second-order valence-corrected chi connectivity index (χ2v) is 12.4. The van der Waals surface area contributed by atoms with Crippen molar-refractivity contribution in [1.82, 2.24) is 0 Å². The number of carbonyl (C=O) groups excluding carboxylic acids is 1. The summed E-state index contributed by atoms with van der Waals surface area (Å²) in [4.78, 5) is 12.0. The molecule has 2 fully saturated rings. The van der Waals surface area contributed by atoms with E-state index in [1.807, 2.05) is 0 Å². The molecule has 5 aliphatic carbocycles. The summed E-state index contributed by atoms with van der Waals surface area (Å²) in [6.45, 7) is 9.38. The van der Waals surface area contributed by atoms with Crippen LogP contribution in [0.3, 0.4) is 0 Å². The molecule has 0 radical (unpaired) electrons. The molecule has 0 N–H and O–H groups in total. The van der Waals surface area contributed by atoms with Gasteiger partial charge in [0, 0.05) is 16.7 Å². The van der Waals surface area contributed by atoms with Gasteiger partial charge in [0.05, 0.1) is 0 Å². The van der Waals surface area contributed by atoms with Gasteiger partial charge in [0.1, 0.15) is 0 Å². The quantitative estimate of drug-likeness (QED) is 0.349. The Kier molecular flexibility index (Phi) is 4.33. The van der Waals surface area contributed by atoms with Crippen molar-refractivity contribution in [3.63, 3.8) is 0 Å². The van der Waals surface area contributed by atoms with Gasteiger partial charge in [-0.05, 0) is 120 Å². The number of hydrogen-bond donors (Lipinski definition) is 0. The number of hydrogen-bond acceptors (Lipinski definition) is 1. The Balaban J connectivity index is 1.40. The fraction of sp³-hybridized carbons (Fsp3) is 0.516. The van der Waals surface area contributed by atoms with Crippen molar-refractivity contribution in [3.05, 3.63) is 69.3 Å². The van der Waals surface area contributed by atoms with Crippen LogP contribution < -0.4 is 0 Å². The van der Waals surface area contributed by atoms with Crippen molar-refractivity contribution in [3.8, 4) is 11.8 Å². The molecule has 2 aromatic carbocycles. The third kappa shape index (κ3) is 3.10. The van der Waals surface area contributed by atoms with E-state index in [2.05, 4.69) is 69.9 Å². The molecule has 0 amide bonds. The maximum absolute atomic E-state index is 12.0. The van der Waals surface area contributed by atoms with E-state index >= 15 is 0 Å². The third-order valence-corrected chi connectivity index (χ3v) is 9.10. The lowest BCUT2D eigenvalue weighted by atomic mass is 9.67. The predicted octanol–water partition coefficient (Wildman–Crippen LogP) is 7.25. The Bertz CT molecular complexity index is 1170. The van der Waals surface area contributed by atoms with Gasteiger partial charge in [0.25, 0.3) is 0 Å². The number of rotatable bonds is 1. The van der Waals surface area contributed by atoms with E-state index in [4.69, 9.17) is 0 Å². The van der Waals surface area contributed by atoms with Gasteiger partial charge in [-0.2, -0.15) is 0 Å². The van der Waals surface area contributed by atoms with E-state index in [1.165, 1.54) is 54.4 Å². The summed E-state index contributed by atoms with van der Waals surface area (Å²) in [7, 11) is 0. The Labute approximate surface area is 193 Å². The average Bonchev–Trinajstić information content (AvgIpc) is 2.81. The molecular formula is C31H34O. The van der Waals surface area contributed by atoms with Crippen molar-refractivity contribution in [2.75, 3.05) is 0 Å². The number of benzene rings is 2. The smallest absolute Gasteiger partial charge is 0.151 e. The zero-order valence-electron chi connectivity index (χ0n) is 19.9. The maximum atomic E-state index is 12.0. The van der Waals surface area contributed by atoms with Crippen LogP contribution in [0, 0.1) is 23.7 Å². The van der Waals surface area contributed by atoms with Crippen molar-refractivity contribution in [2.24, 2.45) is 11.8 Å². The lowest BCUT2D eigenvalue weighted by Crippen LogP contribution is -2.25. The molecule has 0 spiro atoms. The third-order valence-electron chi connectivity index (χ3n) is 9.10. The normalized spacial score (nSPS) is 30.1. The lowest BCUT2D eigenvalue weighted by molar-refractivity contribution is 0.112. The fourth-order valence-electron chi connectivity index (χ4n) is 8.13. The minimum atomic E-state index is 0.173. The topological polar surface area (TPSA) is 17.1 Å². The Morgan fingerprint density at radius 1 is 0.781 bits per heavy atom. The first-order valence-corrected chi connectivity index (χ1v) is 12.5. The van der Waals surface area contributed by atoms with E-state index < -0.39 is 0 Å². The summed E-state index contributed by atoms with van der Waals surface area (Å²) in [6.07, 6.45) is 8.94. The molecule has 164 valence electrons. The largest absolute Gasteiger partial charge is 0.298 e. The van der Waals surface area contributed by atoms with Crippen LogP contribution in [0.5, 0.6) is 0 Å². The molecule has 0 heterocycles. The molecule has 32 heavy (non-hydrogen) atoms. The summed E-state index contributed by atoms with van der Waals surface area (Å²) in [5, 5.41) is 0. The molecule has 0 aromatic heterocycles. The molecule has 2 unspecified atom stereocenters. The zero-order chi connectivity index (χ0) is 22.3. The molecular weight excluding hydrogens is 388 g/mol. The Morgan fingerprint density at radius 2 is 1.41 bits per heavy atom. The summed E-state index contributed by atoms with van der Waals surface area (Å²) in [5.74, 6) is 9.94. The second-order valence-electron chi connectivity index (χ2n) is 12.4. The van der Waals surface area contributed by atoms with Gasteiger partial charge in [-0.15, -0.1) is 0 Å². The van der Waals surface area contributed by atoms with E-state index in [0.717, 1.165) is 41.2 Å². The van der Waals surface area contributed by atoms with E-state index in [9.17, 15) is 4.79 Å². The van der Waals surface area contributed by atoms with Crippen LogP contribution in [-0.4, -0.2) is 6.29 Å². The highest BCUT2D eigenvalue weighted by Crippen LogP contribution is 2.56. The van der Waals surface area contributed by atoms with Crippen LogP contribution >= 0.6 is 0 Å². The van der Waals surface area contributed by atoms with Crippen LogP contribution in [0.15, 0.2) is 30.3 Å². The highest BCUT2D eigenvalue weighted by molar-refractivity contribution is 5.81. The van der Waals surface area contributed by atoms with Crippen molar-refractivity contribution in [2.45, 2.75) is 88.9 Å². The zero-order valence-corrected chi connectivity index (χ0v) is 19.9. The van der Waals surface area contributed by atoms with Gasteiger partial charge in [0.15, 0.2) is 6.29 Å². The lowest BCUT2D eigenvalue weighted by Gasteiger charge is -2.38. The fourth-order valence-corrected chi connectivity index (χ4v) is 8.13. The average molecular weight is 423 g/mol.